The van der Waals surface area contributed by atoms with E-state index in [4.69, 9.17) is 5.73 Å². The Morgan fingerprint density at radius 1 is 1.06 bits per heavy atom. The van der Waals surface area contributed by atoms with E-state index in [-0.39, 0.29) is 30.2 Å². The number of hydrogen-bond acceptors (Lipinski definition) is 4. The minimum absolute atomic E-state index is 0.0381. The number of nitrogens with zero attached hydrogens (tertiary/aromatic N) is 2. The fraction of sp³-hybridized carbons (Fsp3) is 0.640. The standard InChI is InChI=1S/C25H34N4O3/c26-18-9-7-16(8-10-18)15-27-24(31)21-6-3-12-28(21)25(32)20-14-22(30)29-13-11-17-4-1-2-5-19(17)23(20)29/h1-2,4-5,16,18,20-21,23H,3,6-15,26H2,(H,27,31)/t16?,18?,20?,21-,23?/m0/s1. The fourth-order valence-corrected chi connectivity index (χ4v) is 6.22. The van der Waals surface area contributed by atoms with Crippen molar-refractivity contribution in [2.75, 3.05) is 19.6 Å². The largest absolute Gasteiger partial charge is 0.354 e. The van der Waals surface area contributed by atoms with Crippen LogP contribution >= 0.6 is 0 Å². The van der Waals surface area contributed by atoms with Crippen molar-refractivity contribution in [3.8, 4) is 0 Å². The van der Waals surface area contributed by atoms with Crippen molar-refractivity contribution in [3.05, 3.63) is 35.4 Å². The van der Waals surface area contributed by atoms with Crippen LogP contribution in [0.25, 0.3) is 0 Å². The van der Waals surface area contributed by atoms with Gasteiger partial charge in [-0.2, -0.15) is 0 Å². The molecule has 0 bridgehead atoms. The Morgan fingerprint density at radius 3 is 2.66 bits per heavy atom. The van der Waals surface area contributed by atoms with Gasteiger partial charge in [-0.15, -0.1) is 0 Å². The lowest BCUT2D eigenvalue weighted by Gasteiger charge is -2.36. The summed E-state index contributed by atoms with van der Waals surface area (Å²) in [5, 5.41) is 3.11. The van der Waals surface area contributed by atoms with Gasteiger partial charge in [0.05, 0.1) is 12.0 Å². The number of fused-ring (bicyclic) bond motifs is 3. The molecular weight excluding hydrogens is 404 g/mol. The van der Waals surface area contributed by atoms with E-state index in [0.29, 0.717) is 38.0 Å². The monoisotopic (exact) mass is 438 g/mol. The SMILES string of the molecule is NC1CCC(CNC(=O)[C@@H]2CCCN2C(=O)C2CC(=O)N3CCc4ccccc4C23)CC1. The summed E-state index contributed by atoms with van der Waals surface area (Å²) in [6, 6.07) is 7.83. The smallest absolute Gasteiger partial charge is 0.242 e. The van der Waals surface area contributed by atoms with Gasteiger partial charge >= 0.3 is 0 Å². The van der Waals surface area contributed by atoms with E-state index < -0.39 is 12.0 Å². The summed E-state index contributed by atoms with van der Waals surface area (Å²) in [5.74, 6) is 0.0413. The van der Waals surface area contributed by atoms with Crippen molar-refractivity contribution < 1.29 is 14.4 Å². The minimum Gasteiger partial charge on any atom is -0.354 e. The average Bonchev–Trinajstić information content (AvgIpc) is 3.43. The zero-order valence-electron chi connectivity index (χ0n) is 18.7. The maximum absolute atomic E-state index is 13.7. The third-order valence-corrected chi connectivity index (χ3v) is 8.04. The molecule has 3 amide bonds. The first-order valence-electron chi connectivity index (χ1n) is 12.2. The van der Waals surface area contributed by atoms with Crippen LogP contribution in [0.4, 0.5) is 0 Å². The van der Waals surface area contributed by atoms with Crippen molar-refractivity contribution in [2.45, 2.75) is 69.5 Å². The number of benzene rings is 1. The highest BCUT2D eigenvalue weighted by Crippen LogP contribution is 2.43. The lowest BCUT2D eigenvalue weighted by atomic mass is 9.86. The first kappa shape index (κ1) is 21.4. The van der Waals surface area contributed by atoms with E-state index in [1.54, 1.807) is 4.90 Å². The molecule has 0 radical (unpaired) electrons. The zero-order chi connectivity index (χ0) is 22.2. The average molecular weight is 439 g/mol. The molecule has 0 spiro atoms. The van der Waals surface area contributed by atoms with Gasteiger partial charge in [-0.05, 0) is 62.0 Å². The number of amides is 3. The predicted octanol–water partition coefficient (Wildman–Crippen LogP) is 1.76. The summed E-state index contributed by atoms with van der Waals surface area (Å²) in [7, 11) is 0. The van der Waals surface area contributed by atoms with Crippen LogP contribution in [0.1, 0.15) is 62.1 Å². The molecule has 7 nitrogen and oxygen atoms in total. The Kier molecular flexibility index (Phi) is 5.93. The van der Waals surface area contributed by atoms with Crippen LogP contribution in [0, 0.1) is 11.8 Å². The molecule has 3 atom stereocenters. The van der Waals surface area contributed by atoms with Crippen molar-refractivity contribution in [1.82, 2.24) is 15.1 Å². The molecule has 172 valence electrons. The van der Waals surface area contributed by atoms with Crippen LogP contribution in [0.15, 0.2) is 24.3 Å². The maximum Gasteiger partial charge on any atom is 0.242 e. The van der Waals surface area contributed by atoms with Gasteiger partial charge in [-0.3, -0.25) is 14.4 Å². The fourth-order valence-electron chi connectivity index (χ4n) is 6.22. The summed E-state index contributed by atoms with van der Waals surface area (Å²) in [6.45, 7) is 1.92. The van der Waals surface area contributed by atoms with Crippen LogP contribution in [0.3, 0.4) is 0 Å². The molecule has 3 aliphatic heterocycles. The third-order valence-electron chi connectivity index (χ3n) is 8.04. The summed E-state index contributed by atoms with van der Waals surface area (Å²) >= 11 is 0. The van der Waals surface area contributed by atoms with Gasteiger partial charge in [-0.25, -0.2) is 0 Å². The van der Waals surface area contributed by atoms with E-state index in [0.717, 1.165) is 44.1 Å². The molecule has 7 heteroatoms. The molecule has 1 saturated carbocycles. The lowest BCUT2D eigenvalue weighted by Crippen LogP contribution is -2.49. The summed E-state index contributed by atoms with van der Waals surface area (Å²) < 4.78 is 0. The maximum atomic E-state index is 13.7. The lowest BCUT2D eigenvalue weighted by molar-refractivity contribution is -0.142. The van der Waals surface area contributed by atoms with Gasteiger partial charge in [0.1, 0.15) is 6.04 Å². The van der Waals surface area contributed by atoms with Crippen LogP contribution < -0.4 is 11.1 Å². The van der Waals surface area contributed by atoms with Gasteiger partial charge in [0.2, 0.25) is 17.7 Å². The molecule has 3 heterocycles. The molecule has 3 N–H and O–H groups in total. The quantitative estimate of drug-likeness (QED) is 0.749. The molecule has 1 aromatic carbocycles. The number of nitrogens with one attached hydrogen (secondary N) is 1. The number of likely N-dealkylation sites (tertiary alicyclic amines) is 1. The normalized spacial score (nSPS) is 31.9. The third kappa shape index (κ3) is 3.91. The van der Waals surface area contributed by atoms with Crippen molar-refractivity contribution in [3.63, 3.8) is 0 Å². The Labute approximate surface area is 189 Å². The Hall–Kier alpha value is -2.41. The van der Waals surface area contributed by atoms with E-state index in [9.17, 15) is 14.4 Å². The van der Waals surface area contributed by atoms with E-state index >= 15 is 0 Å². The van der Waals surface area contributed by atoms with E-state index in [1.807, 2.05) is 17.0 Å². The number of nitrogens with two attached hydrogens (primary N) is 1. The summed E-state index contributed by atoms with van der Waals surface area (Å²) in [5.41, 5.74) is 8.31. The Bertz CT molecular complexity index is 895. The van der Waals surface area contributed by atoms with Crippen LogP contribution in [-0.4, -0.2) is 59.2 Å². The molecule has 5 rings (SSSR count). The summed E-state index contributed by atoms with van der Waals surface area (Å²) in [4.78, 5) is 43.1. The van der Waals surface area contributed by atoms with Crippen LogP contribution in [0.2, 0.25) is 0 Å². The highest BCUT2D eigenvalue weighted by molar-refractivity contribution is 5.94. The van der Waals surface area contributed by atoms with Gasteiger partial charge in [0.25, 0.3) is 0 Å². The molecule has 1 aromatic rings. The topological polar surface area (TPSA) is 95.7 Å². The Balaban J connectivity index is 1.27. The highest BCUT2D eigenvalue weighted by Gasteiger charge is 2.49. The predicted molar refractivity (Wildman–Crippen MR) is 120 cm³/mol. The number of rotatable bonds is 4. The molecule has 32 heavy (non-hydrogen) atoms. The number of hydrogen-bond donors (Lipinski definition) is 2. The molecule has 0 aromatic heterocycles. The zero-order valence-corrected chi connectivity index (χ0v) is 18.7. The van der Waals surface area contributed by atoms with Crippen LogP contribution in [-0.2, 0) is 20.8 Å². The van der Waals surface area contributed by atoms with Gasteiger partial charge in [-0.1, -0.05) is 24.3 Å². The number of carbonyl (C=O) groups excluding carboxylic acids is 3. The second-order valence-electron chi connectivity index (χ2n) is 10.0. The molecule has 4 aliphatic rings. The minimum atomic E-state index is -0.420. The van der Waals surface area contributed by atoms with Crippen molar-refractivity contribution >= 4 is 17.7 Å². The van der Waals surface area contributed by atoms with Gasteiger partial charge in [0, 0.05) is 32.1 Å². The van der Waals surface area contributed by atoms with Crippen molar-refractivity contribution in [1.29, 1.82) is 0 Å². The molecule has 3 fully saturated rings. The van der Waals surface area contributed by atoms with E-state index in [1.165, 1.54) is 5.56 Å². The van der Waals surface area contributed by atoms with E-state index in [2.05, 4.69) is 17.4 Å². The summed E-state index contributed by atoms with van der Waals surface area (Å²) in [6.07, 6.45) is 6.73. The Morgan fingerprint density at radius 2 is 1.84 bits per heavy atom. The molecule has 2 unspecified atom stereocenters. The number of carbonyl (C=O) groups is 3. The van der Waals surface area contributed by atoms with Crippen LogP contribution in [0.5, 0.6) is 0 Å². The van der Waals surface area contributed by atoms with Gasteiger partial charge in [0.15, 0.2) is 0 Å². The second-order valence-corrected chi connectivity index (χ2v) is 10.0. The second kappa shape index (κ2) is 8.85. The molecular formula is C25H34N4O3. The molecule has 2 saturated heterocycles. The highest BCUT2D eigenvalue weighted by atomic mass is 16.2. The molecule has 1 aliphatic carbocycles. The van der Waals surface area contributed by atoms with Crippen molar-refractivity contribution in [2.24, 2.45) is 17.6 Å². The first-order chi connectivity index (χ1) is 15.5. The van der Waals surface area contributed by atoms with Gasteiger partial charge < -0.3 is 20.9 Å². The first-order valence-corrected chi connectivity index (χ1v) is 12.2.